The molecule has 2 unspecified atom stereocenters. The van der Waals surface area contributed by atoms with E-state index < -0.39 is 52.6 Å². The maximum atomic E-state index is 14.3. The Balaban J connectivity index is 1.24. The second kappa shape index (κ2) is 11.2. The van der Waals surface area contributed by atoms with Gasteiger partial charge in [0.15, 0.2) is 24.3 Å². The molecule has 0 amide bonds. The summed E-state index contributed by atoms with van der Waals surface area (Å²) in [6, 6.07) is 5.96. The molecule has 11 nitrogen and oxygen atoms in total. The molecule has 1 saturated heterocycles. The molecule has 0 aromatic heterocycles. The van der Waals surface area contributed by atoms with Gasteiger partial charge < -0.3 is 24.2 Å². The van der Waals surface area contributed by atoms with E-state index in [4.69, 9.17) is 14.2 Å². The van der Waals surface area contributed by atoms with E-state index in [2.05, 4.69) is 11.8 Å². The number of aliphatic hydroxyl groups excluding tert-OH is 1. The van der Waals surface area contributed by atoms with Crippen LogP contribution in [0.2, 0.25) is 0 Å². The standard InChI is InChI=1S/C33H39NO10/c1-4-5-28-43-27-15-24-23-11-10-21-14-22(35)12-13-31(21,2)29(23)25(36)16-32(24,3)33(27,44-28)26(37)18-41-30(38)20-8-6-19(7-9-20)17-42-34(39)40/h6-9,12-14,23-25,27-29,36H,4-5,10-11,15-18H2,1-3H3/t23-,24-,25-,27?,28?,29+,31-,32-,33+/m0/s1. The van der Waals surface area contributed by atoms with Crippen LogP contribution in [0.1, 0.15) is 75.2 Å². The van der Waals surface area contributed by atoms with Crippen LogP contribution >= 0.6 is 0 Å². The molecule has 4 fully saturated rings. The van der Waals surface area contributed by atoms with Crippen molar-refractivity contribution in [2.75, 3.05) is 6.61 Å². The molecule has 0 bridgehead atoms. The van der Waals surface area contributed by atoms with E-state index in [0.717, 1.165) is 24.8 Å². The molecule has 6 rings (SSSR count). The van der Waals surface area contributed by atoms with Crippen molar-refractivity contribution in [2.24, 2.45) is 28.6 Å². The summed E-state index contributed by atoms with van der Waals surface area (Å²) in [7, 11) is 0. The fourth-order valence-electron chi connectivity index (χ4n) is 9.19. The van der Waals surface area contributed by atoms with Gasteiger partial charge in [0, 0.05) is 16.7 Å². The van der Waals surface area contributed by atoms with Gasteiger partial charge in [-0.2, -0.15) is 0 Å². The van der Waals surface area contributed by atoms with Gasteiger partial charge in [-0.3, -0.25) is 9.59 Å². The first kappa shape index (κ1) is 30.6. The van der Waals surface area contributed by atoms with Crippen LogP contribution < -0.4 is 0 Å². The number of Topliss-reactive ketones (excluding diaryl/α,β-unsaturated/α-hetero) is 1. The Kier molecular flexibility index (Phi) is 7.78. The van der Waals surface area contributed by atoms with Gasteiger partial charge in [0.05, 0.1) is 17.8 Å². The van der Waals surface area contributed by atoms with E-state index in [9.17, 15) is 29.6 Å². The highest BCUT2D eigenvalue weighted by Crippen LogP contribution is 2.69. The predicted octanol–water partition coefficient (Wildman–Crippen LogP) is 4.29. The maximum Gasteiger partial charge on any atom is 0.338 e. The average Bonchev–Trinajstić information content (AvgIpc) is 3.47. The molecule has 3 saturated carbocycles. The molecule has 236 valence electrons. The SMILES string of the molecule is CCCC1OC2C[C@H]3[C@@H]4CCC5=CC(=O)C=C[C@]5(C)[C@H]4[C@@H](O)C[C@]3(C)[C@]2(C(=O)COC(=O)c2ccc(CO[N+](=O)[O-])cc2)O1. The molecule has 44 heavy (non-hydrogen) atoms. The lowest BCUT2D eigenvalue weighted by molar-refractivity contribution is -0.763. The number of ether oxygens (including phenoxy) is 3. The molecule has 0 spiro atoms. The molecular formula is C33H39NO10. The van der Waals surface area contributed by atoms with Gasteiger partial charge in [0.25, 0.3) is 5.09 Å². The van der Waals surface area contributed by atoms with Gasteiger partial charge in [0.1, 0.15) is 6.61 Å². The third kappa shape index (κ3) is 4.71. The third-order valence-electron chi connectivity index (χ3n) is 11.1. The predicted molar refractivity (Wildman–Crippen MR) is 154 cm³/mol. The van der Waals surface area contributed by atoms with Gasteiger partial charge >= 0.3 is 5.97 Å². The Morgan fingerprint density at radius 2 is 1.95 bits per heavy atom. The average molecular weight is 610 g/mol. The molecule has 4 aliphatic carbocycles. The second-order valence-corrected chi connectivity index (χ2v) is 13.3. The highest BCUT2D eigenvalue weighted by molar-refractivity contribution is 6.01. The largest absolute Gasteiger partial charge is 0.454 e. The first-order valence-corrected chi connectivity index (χ1v) is 15.4. The molecular weight excluding hydrogens is 570 g/mol. The van der Waals surface area contributed by atoms with Crippen LogP contribution in [-0.4, -0.2) is 58.4 Å². The summed E-state index contributed by atoms with van der Waals surface area (Å²) in [5, 5.41) is 21.4. The van der Waals surface area contributed by atoms with Gasteiger partial charge in [0.2, 0.25) is 5.78 Å². The van der Waals surface area contributed by atoms with Crippen molar-refractivity contribution in [1.29, 1.82) is 0 Å². The van der Waals surface area contributed by atoms with Crippen molar-refractivity contribution >= 4 is 17.5 Å². The zero-order chi connectivity index (χ0) is 31.4. The van der Waals surface area contributed by atoms with E-state index in [1.54, 1.807) is 12.2 Å². The van der Waals surface area contributed by atoms with Gasteiger partial charge in [-0.05, 0) is 73.8 Å². The smallest absolute Gasteiger partial charge is 0.338 e. The van der Waals surface area contributed by atoms with E-state index >= 15 is 0 Å². The number of esters is 1. The topological polar surface area (TPSA) is 152 Å². The summed E-state index contributed by atoms with van der Waals surface area (Å²) in [6.07, 6.45) is 7.26. The molecule has 1 aromatic rings. The van der Waals surface area contributed by atoms with Crippen molar-refractivity contribution in [3.63, 3.8) is 0 Å². The number of benzene rings is 1. The fraction of sp³-hybridized carbons (Fsp3) is 0.606. The van der Waals surface area contributed by atoms with Crippen LogP contribution in [0.25, 0.3) is 0 Å². The molecule has 0 radical (unpaired) electrons. The summed E-state index contributed by atoms with van der Waals surface area (Å²) in [5.41, 5.74) is -0.854. The molecule has 1 aliphatic heterocycles. The number of allylic oxidation sites excluding steroid dienone is 4. The highest BCUT2D eigenvalue weighted by Gasteiger charge is 2.75. The van der Waals surface area contributed by atoms with Crippen molar-refractivity contribution in [3.8, 4) is 0 Å². The Bertz CT molecular complexity index is 1420. The molecule has 5 aliphatic rings. The van der Waals surface area contributed by atoms with Gasteiger partial charge in [-0.15, -0.1) is 10.1 Å². The minimum atomic E-state index is -1.39. The van der Waals surface area contributed by atoms with E-state index in [1.807, 2.05) is 19.9 Å². The van der Waals surface area contributed by atoms with Crippen molar-refractivity contribution in [3.05, 3.63) is 69.3 Å². The van der Waals surface area contributed by atoms with Crippen LogP contribution in [0.3, 0.4) is 0 Å². The van der Waals surface area contributed by atoms with E-state index in [0.29, 0.717) is 24.8 Å². The Morgan fingerprint density at radius 1 is 1.20 bits per heavy atom. The van der Waals surface area contributed by atoms with Gasteiger partial charge in [-0.1, -0.05) is 51.0 Å². The minimum Gasteiger partial charge on any atom is -0.454 e. The monoisotopic (exact) mass is 609 g/mol. The number of hydrogen-bond donors (Lipinski definition) is 1. The molecule has 9 atom stereocenters. The number of nitrogens with zero attached hydrogens (tertiary/aromatic N) is 1. The zero-order valence-corrected chi connectivity index (χ0v) is 25.2. The highest BCUT2D eigenvalue weighted by atomic mass is 16.9. The molecule has 1 aromatic carbocycles. The normalized spacial score (nSPS) is 38.5. The number of fused-ring (bicyclic) bond motifs is 7. The van der Waals surface area contributed by atoms with Crippen molar-refractivity contribution < 1.29 is 43.6 Å². The first-order valence-electron chi connectivity index (χ1n) is 15.4. The number of rotatable bonds is 9. The third-order valence-corrected chi connectivity index (χ3v) is 11.1. The zero-order valence-electron chi connectivity index (χ0n) is 25.2. The number of hydrogen-bond acceptors (Lipinski definition) is 10. The Labute approximate surface area is 255 Å². The molecule has 11 heteroatoms. The quantitative estimate of drug-likeness (QED) is 0.244. The van der Waals surface area contributed by atoms with Crippen LogP contribution in [0, 0.1) is 38.7 Å². The molecule has 1 N–H and O–H groups in total. The second-order valence-electron chi connectivity index (χ2n) is 13.3. The Morgan fingerprint density at radius 3 is 2.66 bits per heavy atom. The van der Waals surface area contributed by atoms with Crippen LogP contribution in [0.5, 0.6) is 0 Å². The summed E-state index contributed by atoms with van der Waals surface area (Å²) in [4.78, 5) is 54.2. The van der Waals surface area contributed by atoms with Crippen LogP contribution in [0.4, 0.5) is 0 Å². The number of carbonyl (C=O) groups excluding carboxylic acids is 3. The van der Waals surface area contributed by atoms with E-state index in [-0.39, 0.29) is 41.5 Å². The maximum absolute atomic E-state index is 14.3. The number of ketones is 2. The fourth-order valence-corrected chi connectivity index (χ4v) is 9.19. The lowest BCUT2D eigenvalue weighted by atomic mass is 9.46. The lowest BCUT2D eigenvalue weighted by Gasteiger charge is -2.59. The summed E-state index contributed by atoms with van der Waals surface area (Å²) in [5.74, 6) is -1.13. The summed E-state index contributed by atoms with van der Waals surface area (Å²) < 4.78 is 18.5. The first-order chi connectivity index (χ1) is 20.9. The Hall–Kier alpha value is -3.41. The van der Waals surface area contributed by atoms with Crippen LogP contribution in [0.15, 0.2) is 48.1 Å². The van der Waals surface area contributed by atoms with Crippen LogP contribution in [-0.2, 0) is 35.2 Å². The molecule has 1 heterocycles. The lowest BCUT2D eigenvalue weighted by Crippen LogP contribution is -2.63. The minimum absolute atomic E-state index is 0.0152. The van der Waals surface area contributed by atoms with E-state index in [1.165, 1.54) is 24.3 Å². The van der Waals surface area contributed by atoms with Gasteiger partial charge in [-0.25, -0.2) is 4.79 Å². The number of carbonyl (C=O) groups is 3. The summed E-state index contributed by atoms with van der Waals surface area (Å²) in [6.45, 7) is 5.37. The van der Waals surface area contributed by atoms with Crippen molar-refractivity contribution in [1.82, 2.24) is 0 Å². The van der Waals surface area contributed by atoms with Crippen molar-refractivity contribution in [2.45, 2.75) is 90.0 Å². The summed E-state index contributed by atoms with van der Waals surface area (Å²) >= 11 is 0. The number of aliphatic hydroxyl groups is 1.